The number of rotatable bonds is 3. The highest BCUT2D eigenvalue weighted by Gasteiger charge is 2.08. The summed E-state index contributed by atoms with van der Waals surface area (Å²) in [5.74, 6) is -0.105. The largest absolute Gasteiger partial charge is 0.466 e. The van der Waals surface area contributed by atoms with Crippen LogP contribution in [0.1, 0.15) is 18.3 Å². The Balaban J connectivity index is 2.31. The molecule has 0 unspecified atom stereocenters. The van der Waals surface area contributed by atoms with E-state index in [0.717, 1.165) is 0 Å². The maximum absolute atomic E-state index is 11.3. The number of hydrogen-bond donors (Lipinski definition) is 0. The Kier molecular flexibility index (Phi) is 3.44. The van der Waals surface area contributed by atoms with Crippen LogP contribution < -0.4 is 0 Å². The maximum Gasteiger partial charge on any atom is 0.313 e. The van der Waals surface area contributed by atoms with Crippen LogP contribution in [0.5, 0.6) is 0 Å². The lowest BCUT2D eigenvalue weighted by atomic mass is 10.2. The number of fused-ring (bicyclic) bond motifs is 1. The summed E-state index contributed by atoms with van der Waals surface area (Å²) in [6.07, 6.45) is -0.0203. The third kappa shape index (κ3) is 2.58. The van der Waals surface area contributed by atoms with Gasteiger partial charge in [-0.3, -0.25) is 4.79 Å². The first kappa shape index (κ1) is 11.9. The van der Waals surface area contributed by atoms with E-state index in [1.54, 1.807) is 25.1 Å². The van der Waals surface area contributed by atoms with Gasteiger partial charge in [0.1, 0.15) is 11.9 Å². The predicted molar refractivity (Wildman–Crippen MR) is 62.4 cm³/mol. The van der Waals surface area contributed by atoms with Crippen LogP contribution in [0.2, 0.25) is 0 Å². The van der Waals surface area contributed by atoms with E-state index in [0.29, 0.717) is 23.2 Å². The molecule has 0 spiro atoms. The Morgan fingerprint density at radius 2 is 2.22 bits per heavy atom. The van der Waals surface area contributed by atoms with Crippen molar-refractivity contribution >= 4 is 17.0 Å². The second-order valence-electron chi connectivity index (χ2n) is 3.53. The van der Waals surface area contributed by atoms with Gasteiger partial charge in [-0.25, -0.2) is 4.98 Å². The molecular weight excluding hydrogens is 232 g/mol. The number of carbonyl (C=O) groups is 1. The Labute approximate surface area is 103 Å². The van der Waals surface area contributed by atoms with Gasteiger partial charge in [0, 0.05) is 0 Å². The van der Waals surface area contributed by atoms with E-state index in [4.69, 9.17) is 10.00 Å². The number of ether oxygens (including phenoxy) is 1. The van der Waals surface area contributed by atoms with Gasteiger partial charge in [0.05, 0.1) is 23.8 Å². The lowest BCUT2D eigenvalue weighted by Gasteiger charge is -2.01. The molecule has 2 rings (SSSR count). The zero-order chi connectivity index (χ0) is 13.0. The third-order valence-electron chi connectivity index (χ3n) is 2.23. The smallest absolute Gasteiger partial charge is 0.313 e. The fourth-order valence-corrected chi connectivity index (χ4v) is 1.46. The topological polar surface area (TPSA) is 88.8 Å². The summed E-state index contributed by atoms with van der Waals surface area (Å²) in [4.78, 5) is 15.5. The number of nitrogens with zero attached hydrogens (tertiary/aromatic N) is 4. The minimum absolute atomic E-state index is 0.0203. The molecule has 0 N–H and O–H groups in total. The number of aromatic nitrogens is 3. The zero-order valence-electron chi connectivity index (χ0n) is 9.75. The minimum atomic E-state index is -0.393. The second kappa shape index (κ2) is 5.19. The van der Waals surface area contributed by atoms with Gasteiger partial charge in [-0.2, -0.15) is 5.26 Å². The molecule has 0 aliphatic rings. The Bertz CT molecular complexity index is 634. The third-order valence-corrected chi connectivity index (χ3v) is 2.23. The van der Waals surface area contributed by atoms with Crippen LogP contribution >= 0.6 is 0 Å². The molecule has 0 bridgehead atoms. The molecule has 0 atom stereocenters. The van der Waals surface area contributed by atoms with Gasteiger partial charge in [0.15, 0.2) is 5.82 Å². The van der Waals surface area contributed by atoms with Crippen molar-refractivity contribution in [3.63, 3.8) is 0 Å². The predicted octanol–water partition coefficient (Wildman–Crippen LogP) is 1.00. The van der Waals surface area contributed by atoms with Crippen LogP contribution in [0.3, 0.4) is 0 Å². The summed E-state index contributed by atoms with van der Waals surface area (Å²) in [7, 11) is 0. The molecule has 6 nitrogen and oxygen atoms in total. The van der Waals surface area contributed by atoms with Crippen LogP contribution in [0.25, 0.3) is 11.0 Å². The van der Waals surface area contributed by atoms with Crippen LogP contribution in [-0.2, 0) is 16.0 Å². The quantitative estimate of drug-likeness (QED) is 0.746. The molecule has 0 fully saturated rings. The van der Waals surface area contributed by atoms with E-state index < -0.39 is 5.97 Å². The number of carbonyl (C=O) groups excluding carboxylic acids is 1. The molecule has 18 heavy (non-hydrogen) atoms. The van der Waals surface area contributed by atoms with Gasteiger partial charge < -0.3 is 4.74 Å². The first-order valence-corrected chi connectivity index (χ1v) is 5.42. The fraction of sp³-hybridized carbons (Fsp3) is 0.250. The monoisotopic (exact) mass is 242 g/mol. The van der Waals surface area contributed by atoms with Crippen molar-refractivity contribution in [3.05, 3.63) is 29.6 Å². The van der Waals surface area contributed by atoms with E-state index in [1.165, 1.54) is 0 Å². The highest BCUT2D eigenvalue weighted by Crippen LogP contribution is 2.10. The van der Waals surface area contributed by atoms with Crippen molar-refractivity contribution in [2.75, 3.05) is 6.61 Å². The zero-order valence-corrected chi connectivity index (χ0v) is 9.75. The lowest BCUT2D eigenvalue weighted by Crippen LogP contribution is -2.11. The molecule has 1 heterocycles. The summed E-state index contributed by atoms with van der Waals surface area (Å²) < 4.78 is 4.80. The molecular formula is C12H10N4O2. The van der Waals surface area contributed by atoms with E-state index in [9.17, 15) is 4.79 Å². The molecule has 0 saturated heterocycles. The number of nitriles is 1. The Morgan fingerprint density at radius 1 is 1.39 bits per heavy atom. The van der Waals surface area contributed by atoms with E-state index in [2.05, 4.69) is 15.2 Å². The summed E-state index contributed by atoms with van der Waals surface area (Å²) in [6, 6.07) is 6.94. The standard InChI is InChI=1S/C12H10N4O2/c1-2-18-12(17)6-11-14-10-5-8(7-13)3-4-9(10)15-16-11/h3-5H,2,6H2,1H3. The summed E-state index contributed by atoms with van der Waals surface area (Å²) >= 11 is 0. The van der Waals surface area contributed by atoms with Gasteiger partial charge >= 0.3 is 5.97 Å². The number of esters is 1. The van der Waals surface area contributed by atoms with Gasteiger partial charge in [-0.05, 0) is 25.1 Å². The fourth-order valence-electron chi connectivity index (χ4n) is 1.46. The maximum atomic E-state index is 11.3. The minimum Gasteiger partial charge on any atom is -0.466 e. The Hall–Kier alpha value is -2.55. The van der Waals surface area contributed by atoms with Gasteiger partial charge in [0.2, 0.25) is 0 Å². The van der Waals surface area contributed by atoms with Crippen LogP contribution in [0.15, 0.2) is 18.2 Å². The Morgan fingerprint density at radius 3 is 2.94 bits per heavy atom. The summed E-state index contributed by atoms with van der Waals surface area (Å²) in [5, 5.41) is 16.6. The van der Waals surface area contributed by atoms with Crippen LogP contribution in [0.4, 0.5) is 0 Å². The van der Waals surface area contributed by atoms with Crippen molar-refractivity contribution < 1.29 is 9.53 Å². The van der Waals surface area contributed by atoms with E-state index in [-0.39, 0.29) is 12.2 Å². The highest BCUT2D eigenvalue weighted by atomic mass is 16.5. The molecule has 1 aromatic heterocycles. The van der Waals surface area contributed by atoms with E-state index in [1.807, 2.05) is 6.07 Å². The van der Waals surface area contributed by atoms with Crippen molar-refractivity contribution in [1.82, 2.24) is 15.2 Å². The van der Waals surface area contributed by atoms with Gasteiger partial charge in [0.25, 0.3) is 0 Å². The molecule has 6 heteroatoms. The molecule has 90 valence electrons. The van der Waals surface area contributed by atoms with Crippen molar-refractivity contribution in [3.8, 4) is 6.07 Å². The molecule has 1 aromatic carbocycles. The van der Waals surface area contributed by atoms with Crippen LogP contribution in [-0.4, -0.2) is 27.8 Å². The average molecular weight is 242 g/mol. The SMILES string of the molecule is CCOC(=O)Cc1nnc2ccc(C#N)cc2n1. The normalized spacial score (nSPS) is 10.0. The number of benzene rings is 1. The summed E-state index contributed by atoms with van der Waals surface area (Å²) in [5.41, 5.74) is 1.62. The highest BCUT2D eigenvalue weighted by molar-refractivity contribution is 5.76. The van der Waals surface area contributed by atoms with Crippen LogP contribution in [0, 0.1) is 11.3 Å². The average Bonchev–Trinajstić information content (AvgIpc) is 2.38. The van der Waals surface area contributed by atoms with Crippen molar-refractivity contribution in [1.29, 1.82) is 5.26 Å². The first-order chi connectivity index (χ1) is 8.72. The van der Waals surface area contributed by atoms with Gasteiger partial charge in [-0.1, -0.05) is 0 Å². The molecule has 0 aliphatic heterocycles. The second-order valence-corrected chi connectivity index (χ2v) is 3.53. The first-order valence-electron chi connectivity index (χ1n) is 5.42. The van der Waals surface area contributed by atoms with E-state index >= 15 is 0 Å². The molecule has 0 saturated carbocycles. The summed E-state index contributed by atoms with van der Waals surface area (Å²) in [6.45, 7) is 2.05. The lowest BCUT2D eigenvalue weighted by molar-refractivity contribution is -0.142. The molecule has 0 aliphatic carbocycles. The number of hydrogen-bond acceptors (Lipinski definition) is 6. The molecule has 2 aromatic rings. The molecule has 0 radical (unpaired) electrons. The van der Waals surface area contributed by atoms with Gasteiger partial charge in [-0.15, -0.1) is 10.2 Å². The van der Waals surface area contributed by atoms with Crippen molar-refractivity contribution in [2.45, 2.75) is 13.3 Å². The molecule has 0 amide bonds. The van der Waals surface area contributed by atoms with Crippen molar-refractivity contribution in [2.24, 2.45) is 0 Å².